The second-order valence-electron chi connectivity index (χ2n) is 4.98. The summed E-state index contributed by atoms with van der Waals surface area (Å²) in [5.41, 5.74) is 4.15. The fourth-order valence-electron chi connectivity index (χ4n) is 2.63. The Bertz CT molecular complexity index is 603. The number of hydrogen-bond donors (Lipinski definition) is 0. The summed E-state index contributed by atoms with van der Waals surface area (Å²) in [4.78, 5) is 12.1. The number of furan rings is 1. The number of fused-ring (bicyclic) bond motifs is 1. The van der Waals surface area contributed by atoms with E-state index in [1.54, 1.807) is 0 Å². The lowest BCUT2D eigenvalue weighted by molar-refractivity contribution is 0.0973. The molecule has 0 bridgehead atoms. The molecule has 0 N–H and O–H groups in total. The summed E-state index contributed by atoms with van der Waals surface area (Å²) in [6.45, 7) is 4.01. The zero-order valence-electron chi connectivity index (χ0n) is 10.7. The highest BCUT2D eigenvalue weighted by molar-refractivity contribution is 6.03. The smallest absolute Gasteiger partial charge is 0.167 e. The summed E-state index contributed by atoms with van der Waals surface area (Å²) in [6.07, 6.45) is 2.55. The first-order valence-electron chi connectivity index (χ1n) is 6.39. The monoisotopic (exact) mass is 240 g/mol. The number of carbonyl (C=O) groups is 1. The third kappa shape index (κ3) is 1.69. The number of aryl methyl sites for hydroxylation is 2. The third-order valence-corrected chi connectivity index (χ3v) is 3.63. The molecule has 92 valence electrons. The molecule has 0 aliphatic heterocycles. The van der Waals surface area contributed by atoms with Gasteiger partial charge in [0.2, 0.25) is 0 Å². The average molecular weight is 240 g/mol. The average Bonchev–Trinajstić information content (AvgIpc) is 2.70. The van der Waals surface area contributed by atoms with Crippen molar-refractivity contribution in [2.24, 2.45) is 0 Å². The summed E-state index contributed by atoms with van der Waals surface area (Å²) in [5, 5.41) is 0. The van der Waals surface area contributed by atoms with Gasteiger partial charge in [-0.2, -0.15) is 0 Å². The van der Waals surface area contributed by atoms with Crippen LogP contribution in [-0.2, 0) is 6.42 Å². The van der Waals surface area contributed by atoms with E-state index in [0.29, 0.717) is 6.42 Å². The van der Waals surface area contributed by atoms with Crippen molar-refractivity contribution in [3.05, 3.63) is 46.7 Å². The molecule has 0 fully saturated rings. The predicted octanol–water partition coefficient (Wildman–Crippen LogP) is 4.08. The van der Waals surface area contributed by atoms with Gasteiger partial charge in [0.05, 0.1) is 5.56 Å². The number of Topliss-reactive ketones (excluding diaryl/α,β-unsaturated/α-hetero) is 1. The molecular weight excluding hydrogens is 224 g/mol. The van der Waals surface area contributed by atoms with Gasteiger partial charge in [0.15, 0.2) is 5.78 Å². The molecule has 1 aromatic heterocycles. The van der Waals surface area contributed by atoms with Gasteiger partial charge in [-0.15, -0.1) is 0 Å². The van der Waals surface area contributed by atoms with Gasteiger partial charge in [-0.25, -0.2) is 0 Å². The Balaban J connectivity index is 2.18. The zero-order valence-corrected chi connectivity index (χ0v) is 10.7. The van der Waals surface area contributed by atoms with Gasteiger partial charge in [0.25, 0.3) is 0 Å². The van der Waals surface area contributed by atoms with E-state index in [2.05, 4.69) is 6.92 Å². The molecule has 18 heavy (non-hydrogen) atoms. The second-order valence-corrected chi connectivity index (χ2v) is 4.98. The van der Waals surface area contributed by atoms with Crippen LogP contribution in [0.15, 0.2) is 28.7 Å². The summed E-state index contributed by atoms with van der Waals surface area (Å²) < 4.78 is 5.84. The van der Waals surface area contributed by atoms with Crippen molar-refractivity contribution in [1.82, 2.24) is 0 Å². The van der Waals surface area contributed by atoms with E-state index in [1.807, 2.05) is 31.2 Å². The summed E-state index contributed by atoms with van der Waals surface area (Å²) >= 11 is 0. The molecule has 3 rings (SSSR count). The van der Waals surface area contributed by atoms with Crippen LogP contribution in [0.2, 0.25) is 0 Å². The number of carbonyl (C=O) groups excluding carboxylic acids is 1. The van der Waals surface area contributed by atoms with Crippen LogP contribution in [0.25, 0.3) is 11.3 Å². The maximum Gasteiger partial charge on any atom is 0.167 e. The largest absolute Gasteiger partial charge is 0.460 e. The minimum atomic E-state index is 0.226. The first-order chi connectivity index (χ1) is 8.66. The van der Waals surface area contributed by atoms with Gasteiger partial charge in [-0.1, -0.05) is 29.8 Å². The normalized spacial score (nSPS) is 14.7. The molecule has 0 saturated carbocycles. The van der Waals surface area contributed by atoms with Crippen molar-refractivity contribution in [1.29, 1.82) is 0 Å². The second kappa shape index (κ2) is 4.13. The molecular formula is C16H16O2. The molecule has 2 aromatic rings. The summed E-state index contributed by atoms with van der Waals surface area (Å²) in [7, 11) is 0. The van der Waals surface area contributed by atoms with Crippen LogP contribution in [0.3, 0.4) is 0 Å². The van der Waals surface area contributed by atoms with Gasteiger partial charge < -0.3 is 4.42 Å². The maximum absolute atomic E-state index is 12.1. The molecule has 1 aliphatic rings. The standard InChI is InChI=1S/C16H16O2/c1-10-6-8-12(9-7-10)16-15-13(11(2)18-16)4-3-5-14(15)17/h6-9H,3-5H2,1-2H3. The molecule has 1 aliphatic carbocycles. The molecule has 1 heterocycles. The van der Waals surface area contributed by atoms with E-state index in [0.717, 1.165) is 41.1 Å². The SMILES string of the molecule is Cc1ccc(-c2oc(C)c3c2C(=O)CCC3)cc1. The molecule has 0 spiro atoms. The van der Waals surface area contributed by atoms with Crippen LogP contribution in [0.5, 0.6) is 0 Å². The minimum absolute atomic E-state index is 0.226. The Morgan fingerprint density at radius 3 is 2.50 bits per heavy atom. The molecule has 0 atom stereocenters. The van der Waals surface area contributed by atoms with Gasteiger partial charge in [0.1, 0.15) is 11.5 Å². The lowest BCUT2D eigenvalue weighted by atomic mass is 9.89. The maximum atomic E-state index is 12.1. The van der Waals surface area contributed by atoms with Crippen molar-refractivity contribution < 1.29 is 9.21 Å². The van der Waals surface area contributed by atoms with Crippen LogP contribution in [0.1, 0.15) is 40.1 Å². The summed E-state index contributed by atoms with van der Waals surface area (Å²) in [6, 6.07) is 8.14. The Kier molecular flexibility index (Phi) is 2.58. The Hall–Kier alpha value is -1.83. The van der Waals surface area contributed by atoms with Gasteiger partial charge in [-0.3, -0.25) is 4.79 Å². The van der Waals surface area contributed by atoms with Crippen molar-refractivity contribution in [3.8, 4) is 11.3 Å². The minimum Gasteiger partial charge on any atom is -0.460 e. The van der Waals surface area contributed by atoms with Gasteiger partial charge in [0, 0.05) is 17.5 Å². The van der Waals surface area contributed by atoms with Gasteiger partial charge in [-0.05, 0) is 26.7 Å². The van der Waals surface area contributed by atoms with Crippen molar-refractivity contribution in [3.63, 3.8) is 0 Å². The Morgan fingerprint density at radius 1 is 1.06 bits per heavy atom. The quantitative estimate of drug-likeness (QED) is 0.751. The molecule has 1 aromatic carbocycles. The van der Waals surface area contributed by atoms with Crippen molar-refractivity contribution >= 4 is 5.78 Å². The number of ketones is 1. The van der Waals surface area contributed by atoms with E-state index in [9.17, 15) is 4.79 Å². The zero-order chi connectivity index (χ0) is 12.7. The first-order valence-corrected chi connectivity index (χ1v) is 6.39. The fraction of sp³-hybridized carbons (Fsp3) is 0.312. The van der Waals surface area contributed by atoms with E-state index in [1.165, 1.54) is 5.56 Å². The van der Waals surface area contributed by atoms with Crippen molar-refractivity contribution in [2.45, 2.75) is 33.1 Å². The van der Waals surface area contributed by atoms with Crippen LogP contribution in [0.4, 0.5) is 0 Å². The van der Waals surface area contributed by atoms with Gasteiger partial charge >= 0.3 is 0 Å². The lowest BCUT2D eigenvalue weighted by Gasteiger charge is -2.10. The van der Waals surface area contributed by atoms with E-state index < -0.39 is 0 Å². The first kappa shape index (κ1) is 11.3. The summed E-state index contributed by atoms with van der Waals surface area (Å²) in [5.74, 6) is 1.88. The Labute approximate surface area is 107 Å². The van der Waals surface area contributed by atoms with E-state index in [4.69, 9.17) is 4.42 Å². The number of hydrogen-bond acceptors (Lipinski definition) is 2. The topological polar surface area (TPSA) is 30.2 Å². The van der Waals surface area contributed by atoms with E-state index in [-0.39, 0.29) is 5.78 Å². The number of benzene rings is 1. The van der Waals surface area contributed by atoms with Crippen LogP contribution in [-0.4, -0.2) is 5.78 Å². The molecule has 0 unspecified atom stereocenters. The molecule has 0 amide bonds. The van der Waals surface area contributed by atoms with Crippen LogP contribution in [0, 0.1) is 13.8 Å². The third-order valence-electron chi connectivity index (χ3n) is 3.63. The predicted molar refractivity (Wildman–Crippen MR) is 70.9 cm³/mol. The highest BCUT2D eigenvalue weighted by Gasteiger charge is 2.27. The molecule has 2 heteroatoms. The lowest BCUT2D eigenvalue weighted by Crippen LogP contribution is -2.09. The highest BCUT2D eigenvalue weighted by Crippen LogP contribution is 2.36. The fourth-order valence-corrected chi connectivity index (χ4v) is 2.63. The van der Waals surface area contributed by atoms with Crippen molar-refractivity contribution in [2.75, 3.05) is 0 Å². The molecule has 2 nitrogen and oxygen atoms in total. The highest BCUT2D eigenvalue weighted by atomic mass is 16.3. The molecule has 0 saturated heterocycles. The van der Waals surface area contributed by atoms with Crippen LogP contribution >= 0.6 is 0 Å². The number of rotatable bonds is 1. The van der Waals surface area contributed by atoms with E-state index >= 15 is 0 Å². The molecule has 0 radical (unpaired) electrons. The Morgan fingerprint density at radius 2 is 1.78 bits per heavy atom. The van der Waals surface area contributed by atoms with Crippen LogP contribution < -0.4 is 0 Å².